The molecule has 1 aromatic heterocycles. The molecule has 14 heavy (non-hydrogen) atoms. The van der Waals surface area contributed by atoms with Gasteiger partial charge in [-0.15, -0.1) is 0 Å². The second kappa shape index (κ2) is 3.73. The summed E-state index contributed by atoms with van der Waals surface area (Å²) >= 11 is 0. The van der Waals surface area contributed by atoms with E-state index in [0.29, 0.717) is 6.04 Å². The van der Waals surface area contributed by atoms with Gasteiger partial charge in [0.15, 0.2) is 0 Å². The van der Waals surface area contributed by atoms with Gasteiger partial charge in [-0.3, -0.25) is 4.68 Å². The summed E-state index contributed by atoms with van der Waals surface area (Å²) in [5.74, 6) is 0. The van der Waals surface area contributed by atoms with Crippen molar-refractivity contribution in [2.45, 2.75) is 46.2 Å². The average Bonchev–Trinajstić information content (AvgIpc) is 2.74. The third-order valence-electron chi connectivity index (χ3n) is 3.15. The number of aromatic nitrogens is 2. The second-order valence-electron chi connectivity index (χ2n) is 4.05. The lowest BCUT2D eigenvalue weighted by atomic mass is 10.0. The molecule has 0 amide bonds. The lowest BCUT2D eigenvalue weighted by Crippen LogP contribution is -2.14. The SMILES string of the molecule is CCn1nc(C)c(C2CCCN2)c1C. The van der Waals surface area contributed by atoms with Gasteiger partial charge in [0.2, 0.25) is 0 Å². The van der Waals surface area contributed by atoms with Crippen molar-refractivity contribution in [1.82, 2.24) is 15.1 Å². The molecule has 0 spiro atoms. The van der Waals surface area contributed by atoms with Crippen molar-refractivity contribution in [1.29, 1.82) is 0 Å². The van der Waals surface area contributed by atoms with E-state index in [0.717, 1.165) is 13.1 Å². The Morgan fingerprint density at radius 2 is 2.29 bits per heavy atom. The molecule has 1 saturated heterocycles. The summed E-state index contributed by atoms with van der Waals surface area (Å²) in [4.78, 5) is 0. The zero-order chi connectivity index (χ0) is 10.1. The Bertz CT molecular complexity index is 322. The molecule has 0 saturated carbocycles. The Labute approximate surface area is 85.5 Å². The van der Waals surface area contributed by atoms with Crippen molar-refractivity contribution < 1.29 is 0 Å². The van der Waals surface area contributed by atoms with E-state index >= 15 is 0 Å². The van der Waals surface area contributed by atoms with Gasteiger partial charge in [-0.25, -0.2) is 0 Å². The van der Waals surface area contributed by atoms with Crippen molar-refractivity contribution >= 4 is 0 Å². The molecule has 0 bridgehead atoms. The average molecular weight is 193 g/mol. The highest BCUT2D eigenvalue weighted by Gasteiger charge is 2.22. The minimum absolute atomic E-state index is 0.551. The van der Waals surface area contributed by atoms with E-state index in [1.165, 1.54) is 29.8 Å². The first kappa shape index (κ1) is 9.71. The van der Waals surface area contributed by atoms with Crippen LogP contribution in [0.3, 0.4) is 0 Å². The molecule has 1 atom stereocenters. The van der Waals surface area contributed by atoms with Crippen LogP contribution in [0.5, 0.6) is 0 Å². The predicted molar refractivity (Wildman–Crippen MR) is 57.4 cm³/mol. The highest BCUT2D eigenvalue weighted by atomic mass is 15.3. The first-order chi connectivity index (χ1) is 6.74. The normalized spacial score (nSPS) is 21.8. The van der Waals surface area contributed by atoms with Gasteiger partial charge in [-0.05, 0) is 40.2 Å². The van der Waals surface area contributed by atoms with Gasteiger partial charge < -0.3 is 5.32 Å². The van der Waals surface area contributed by atoms with Gasteiger partial charge >= 0.3 is 0 Å². The van der Waals surface area contributed by atoms with E-state index in [-0.39, 0.29) is 0 Å². The highest BCUT2D eigenvalue weighted by Crippen LogP contribution is 2.28. The molecule has 1 aromatic rings. The van der Waals surface area contributed by atoms with Crippen LogP contribution in [0.2, 0.25) is 0 Å². The molecule has 2 heterocycles. The minimum Gasteiger partial charge on any atom is -0.310 e. The maximum absolute atomic E-state index is 4.55. The summed E-state index contributed by atoms with van der Waals surface area (Å²) in [6.45, 7) is 8.57. The number of nitrogens with zero attached hydrogens (tertiary/aromatic N) is 2. The molecule has 1 unspecified atom stereocenters. The fourth-order valence-corrected chi connectivity index (χ4v) is 2.45. The molecule has 1 fully saturated rings. The first-order valence-corrected chi connectivity index (χ1v) is 5.51. The largest absolute Gasteiger partial charge is 0.310 e. The molecular weight excluding hydrogens is 174 g/mol. The van der Waals surface area contributed by atoms with E-state index in [2.05, 4.69) is 35.9 Å². The number of hydrogen-bond donors (Lipinski definition) is 1. The van der Waals surface area contributed by atoms with Crippen LogP contribution in [0, 0.1) is 13.8 Å². The molecule has 2 rings (SSSR count). The van der Waals surface area contributed by atoms with E-state index in [1.54, 1.807) is 0 Å². The maximum Gasteiger partial charge on any atom is 0.0644 e. The monoisotopic (exact) mass is 193 g/mol. The van der Waals surface area contributed by atoms with Crippen LogP contribution in [0.25, 0.3) is 0 Å². The standard InChI is InChI=1S/C11H19N3/c1-4-14-9(3)11(8(2)13-14)10-6-5-7-12-10/h10,12H,4-7H2,1-3H3. The summed E-state index contributed by atoms with van der Waals surface area (Å²) in [6.07, 6.45) is 2.55. The van der Waals surface area contributed by atoms with Gasteiger partial charge in [0.05, 0.1) is 5.69 Å². The molecule has 0 radical (unpaired) electrons. The van der Waals surface area contributed by atoms with E-state index < -0.39 is 0 Å². The van der Waals surface area contributed by atoms with E-state index in [1.807, 2.05) is 0 Å². The van der Waals surface area contributed by atoms with Gasteiger partial charge in [0.1, 0.15) is 0 Å². The van der Waals surface area contributed by atoms with Gasteiger partial charge in [0.25, 0.3) is 0 Å². The molecule has 1 aliphatic rings. The third kappa shape index (κ3) is 1.46. The van der Waals surface area contributed by atoms with Crippen molar-refractivity contribution in [2.24, 2.45) is 0 Å². The van der Waals surface area contributed by atoms with Gasteiger partial charge in [0, 0.05) is 23.8 Å². The summed E-state index contributed by atoms with van der Waals surface area (Å²) in [7, 11) is 0. The summed E-state index contributed by atoms with van der Waals surface area (Å²) in [6, 6.07) is 0.551. The van der Waals surface area contributed by atoms with Gasteiger partial charge in [-0.2, -0.15) is 5.10 Å². The lowest BCUT2D eigenvalue weighted by molar-refractivity contribution is 0.618. The molecule has 3 nitrogen and oxygen atoms in total. The molecule has 1 N–H and O–H groups in total. The first-order valence-electron chi connectivity index (χ1n) is 5.51. The fourth-order valence-electron chi connectivity index (χ4n) is 2.45. The summed E-state index contributed by atoms with van der Waals surface area (Å²) < 4.78 is 2.10. The predicted octanol–water partition coefficient (Wildman–Crippen LogP) is 1.94. The summed E-state index contributed by atoms with van der Waals surface area (Å²) in [5, 5.41) is 8.09. The van der Waals surface area contributed by atoms with Crippen LogP contribution in [0.15, 0.2) is 0 Å². The van der Waals surface area contributed by atoms with Crippen molar-refractivity contribution in [3.8, 4) is 0 Å². The van der Waals surface area contributed by atoms with E-state index in [4.69, 9.17) is 0 Å². The molecular formula is C11H19N3. The highest BCUT2D eigenvalue weighted by molar-refractivity contribution is 5.28. The Balaban J connectivity index is 2.35. The Morgan fingerprint density at radius 1 is 1.50 bits per heavy atom. The molecule has 0 aromatic carbocycles. The molecule has 0 aliphatic carbocycles. The third-order valence-corrected chi connectivity index (χ3v) is 3.15. The Kier molecular flexibility index (Phi) is 2.59. The van der Waals surface area contributed by atoms with Crippen LogP contribution in [0.1, 0.15) is 42.8 Å². The molecule has 1 aliphatic heterocycles. The lowest BCUT2D eigenvalue weighted by Gasteiger charge is -2.10. The van der Waals surface area contributed by atoms with Crippen LogP contribution >= 0.6 is 0 Å². The van der Waals surface area contributed by atoms with Crippen LogP contribution < -0.4 is 5.32 Å². The maximum atomic E-state index is 4.55. The second-order valence-corrected chi connectivity index (χ2v) is 4.05. The van der Waals surface area contributed by atoms with Crippen molar-refractivity contribution in [3.63, 3.8) is 0 Å². The zero-order valence-electron chi connectivity index (χ0n) is 9.30. The van der Waals surface area contributed by atoms with Crippen molar-refractivity contribution in [2.75, 3.05) is 6.54 Å². The Morgan fingerprint density at radius 3 is 2.79 bits per heavy atom. The number of rotatable bonds is 2. The zero-order valence-corrected chi connectivity index (χ0v) is 9.30. The fraction of sp³-hybridized carbons (Fsp3) is 0.727. The van der Waals surface area contributed by atoms with Crippen LogP contribution in [0.4, 0.5) is 0 Å². The van der Waals surface area contributed by atoms with Crippen molar-refractivity contribution in [3.05, 3.63) is 17.0 Å². The quantitative estimate of drug-likeness (QED) is 0.778. The smallest absolute Gasteiger partial charge is 0.0644 e. The topological polar surface area (TPSA) is 29.9 Å². The number of nitrogens with one attached hydrogen (secondary N) is 1. The molecule has 3 heteroatoms. The minimum atomic E-state index is 0.551. The Hall–Kier alpha value is -0.830. The number of aryl methyl sites for hydroxylation is 2. The molecule has 78 valence electrons. The van der Waals surface area contributed by atoms with E-state index in [9.17, 15) is 0 Å². The number of hydrogen-bond acceptors (Lipinski definition) is 2. The van der Waals surface area contributed by atoms with Crippen LogP contribution in [-0.2, 0) is 6.54 Å². The summed E-state index contributed by atoms with van der Waals surface area (Å²) in [5.41, 5.74) is 3.97. The van der Waals surface area contributed by atoms with Gasteiger partial charge in [-0.1, -0.05) is 0 Å². The van der Waals surface area contributed by atoms with Crippen LogP contribution in [-0.4, -0.2) is 16.3 Å².